The second-order valence-electron chi connectivity index (χ2n) is 5.81. The molecule has 5 nitrogen and oxygen atoms in total. The van der Waals surface area contributed by atoms with Crippen LogP contribution in [0, 0.1) is 11.8 Å². The zero-order chi connectivity index (χ0) is 14.7. The van der Waals surface area contributed by atoms with E-state index in [-0.39, 0.29) is 11.8 Å². The van der Waals surface area contributed by atoms with Gasteiger partial charge in [-0.1, -0.05) is 19.1 Å². The SMILES string of the molecule is C[C@@H]1CNC[C@H]1C(=O)NCCCn1cnc2ccccc21. The number of para-hydroxylation sites is 2. The summed E-state index contributed by atoms with van der Waals surface area (Å²) in [4.78, 5) is 16.4. The maximum Gasteiger partial charge on any atom is 0.224 e. The molecule has 2 heterocycles. The predicted octanol–water partition coefficient (Wildman–Crippen LogP) is 1.40. The van der Waals surface area contributed by atoms with Gasteiger partial charge >= 0.3 is 0 Å². The molecule has 21 heavy (non-hydrogen) atoms. The summed E-state index contributed by atoms with van der Waals surface area (Å²) in [6.07, 6.45) is 2.79. The summed E-state index contributed by atoms with van der Waals surface area (Å²) in [7, 11) is 0. The Labute approximate surface area is 124 Å². The van der Waals surface area contributed by atoms with Gasteiger partial charge in [0, 0.05) is 19.6 Å². The first kappa shape index (κ1) is 14.1. The van der Waals surface area contributed by atoms with Gasteiger partial charge < -0.3 is 15.2 Å². The van der Waals surface area contributed by atoms with Crippen LogP contribution in [0.2, 0.25) is 0 Å². The lowest BCUT2D eigenvalue weighted by atomic mass is 9.97. The third-order valence-corrected chi connectivity index (χ3v) is 4.26. The van der Waals surface area contributed by atoms with Gasteiger partial charge in [0.05, 0.1) is 23.3 Å². The molecule has 1 aromatic heterocycles. The standard InChI is InChI=1S/C16H22N4O/c1-12-9-17-10-13(12)16(21)18-7-4-8-20-11-19-14-5-2-3-6-15(14)20/h2-3,5-6,11-13,17H,4,7-10H2,1H3,(H,18,21)/t12-,13-/m1/s1. The zero-order valence-corrected chi connectivity index (χ0v) is 12.4. The van der Waals surface area contributed by atoms with Gasteiger partial charge in [-0.15, -0.1) is 0 Å². The fraction of sp³-hybridized carbons (Fsp3) is 0.500. The van der Waals surface area contributed by atoms with Crippen molar-refractivity contribution in [3.63, 3.8) is 0 Å². The van der Waals surface area contributed by atoms with Gasteiger partial charge in [0.1, 0.15) is 0 Å². The van der Waals surface area contributed by atoms with Crippen LogP contribution in [-0.2, 0) is 11.3 Å². The average molecular weight is 286 g/mol. The topological polar surface area (TPSA) is 59.0 Å². The van der Waals surface area contributed by atoms with Gasteiger partial charge in [-0.25, -0.2) is 4.98 Å². The van der Waals surface area contributed by atoms with E-state index in [2.05, 4.69) is 33.2 Å². The third kappa shape index (κ3) is 3.08. The molecule has 5 heteroatoms. The lowest BCUT2D eigenvalue weighted by Gasteiger charge is -2.14. The van der Waals surface area contributed by atoms with E-state index < -0.39 is 0 Å². The number of carbonyl (C=O) groups is 1. The minimum Gasteiger partial charge on any atom is -0.356 e. The van der Waals surface area contributed by atoms with Crippen LogP contribution in [0.5, 0.6) is 0 Å². The average Bonchev–Trinajstić information content (AvgIpc) is 3.10. The number of nitrogens with one attached hydrogen (secondary N) is 2. The van der Waals surface area contributed by atoms with Crippen molar-refractivity contribution in [2.75, 3.05) is 19.6 Å². The van der Waals surface area contributed by atoms with E-state index in [4.69, 9.17) is 0 Å². The summed E-state index contributed by atoms with van der Waals surface area (Å²) in [6.45, 7) is 5.47. The van der Waals surface area contributed by atoms with E-state index >= 15 is 0 Å². The largest absolute Gasteiger partial charge is 0.356 e. The van der Waals surface area contributed by atoms with E-state index in [1.165, 1.54) is 0 Å². The second-order valence-corrected chi connectivity index (χ2v) is 5.81. The Morgan fingerprint density at radius 2 is 2.29 bits per heavy atom. The van der Waals surface area contributed by atoms with Crippen molar-refractivity contribution in [2.45, 2.75) is 19.9 Å². The second kappa shape index (κ2) is 6.26. The maximum absolute atomic E-state index is 12.1. The quantitative estimate of drug-likeness (QED) is 0.817. The number of hydrogen-bond donors (Lipinski definition) is 2. The number of rotatable bonds is 5. The fourth-order valence-electron chi connectivity index (χ4n) is 2.94. The van der Waals surface area contributed by atoms with E-state index in [9.17, 15) is 4.79 Å². The van der Waals surface area contributed by atoms with Gasteiger partial charge in [-0.3, -0.25) is 4.79 Å². The van der Waals surface area contributed by atoms with Crippen LogP contribution < -0.4 is 10.6 Å². The monoisotopic (exact) mass is 286 g/mol. The van der Waals surface area contributed by atoms with Gasteiger partial charge in [-0.05, 0) is 31.0 Å². The van der Waals surface area contributed by atoms with Crippen LogP contribution in [-0.4, -0.2) is 35.1 Å². The molecule has 0 unspecified atom stereocenters. The van der Waals surface area contributed by atoms with Gasteiger partial charge in [-0.2, -0.15) is 0 Å². The van der Waals surface area contributed by atoms with E-state index in [1.54, 1.807) is 0 Å². The van der Waals surface area contributed by atoms with Crippen molar-refractivity contribution >= 4 is 16.9 Å². The highest BCUT2D eigenvalue weighted by molar-refractivity contribution is 5.79. The summed E-state index contributed by atoms with van der Waals surface area (Å²) in [5.74, 6) is 0.740. The van der Waals surface area contributed by atoms with Crippen LogP contribution >= 0.6 is 0 Å². The Morgan fingerprint density at radius 1 is 1.43 bits per heavy atom. The molecule has 1 aromatic carbocycles. The van der Waals surface area contributed by atoms with Gasteiger partial charge in [0.15, 0.2) is 0 Å². The summed E-state index contributed by atoms with van der Waals surface area (Å²) in [5, 5.41) is 6.32. The number of fused-ring (bicyclic) bond motifs is 1. The first-order chi connectivity index (χ1) is 10.3. The van der Waals surface area contributed by atoms with Gasteiger partial charge in [0.25, 0.3) is 0 Å². The molecule has 0 spiro atoms. The lowest BCUT2D eigenvalue weighted by Crippen LogP contribution is -2.35. The molecular weight excluding hydrogens is 264 g/mol. The van der Waals surface area contributed by atoms with Crippen LogP contribution in [0.4, 0.5) is 0 Å². The molecule has 0 bridgehead atoms. The molecule has 0 radical (unpaired) electrons. The van der Waals surface area contributed by atoms with Crippen LogP contribution in [0.3, 0.4) is 0 Å². The molecule has 1 saturated heterocycles. The Morgan fingerprint density at radius 3 is 3.10 bits per heavy atom. The number of aryl methyl sites for hydroxylation is 1. The predicted molar refractivity (Wildman–Crippen MR) is 82.9 cm³/mol. The highest BCUT2D eigenvalue weighted by atomic mass is 16.1. The molecule has 1 fully saturated rings. The minimum absolute atomic E-state index is 0.124. The molecule has 0 aliphatic carbocycles. The number of hydrogen-bond acceptors (Lipinski definition) is 3. The highest BCUT2D eigenvalue weighted by Gasteiger charge is 2.28. The van der Waals surface area contributed by atoms with Crippen molar-refractivity contribution < 1.29 is 4.79 Å². The molecule has 2 N–H and O–H groups in total. The number of nitrogens with zero attached hydrogens (tertiary/aromatic N) is 2. The summed E-state index contributed by atoms with van der Waals surface area (Å²) in [5.41, 5.74) is 2.17. The number of carbonyl (C=O) groups excluding carboxylic acids is 1. The number of imidazole rings is 1. The minimum atomic E-state index is 0.124. The molecule has 3 rings (SSSR count). The Balaban J connectivity index is 1.47. The molecule has 1 aliphatic heterocycles. The normalized spacial score (nSPS) is 21.8. The van der Waals surface area contributed by atoms with E-state index in [0.717, 1.165) is 37.1 Å². The molecule has 2 atom stereocenters. The zero-order valence-electron chi connectivity index (χ0n) is 12.4. The van der Waals surface area contributed by atoms with Crippen molar-refractivity contribution in [1.29, 1.82) is 0 Å². The van der Waals surface area contributed by atoms with Crippen LogP contribution in [0.25, 0.3) is 11.0 Å². The van der Waals surface area contributed by atoms with Crippen molar-refractivity contribution in [1.82, 2.24) is 20.2 Å². The highest BCUT2D eigenvalue weighted by Crippen LogP contribution is 2.15. The summed E-state index contributed by atoms with van der Waals surface area (Å²) >= 11 is 0. The van der Waals surface area contributed by atoms with Crippen molar-refractivity contribution in [3.8, 4) is 0 Å². The molecule has 2 aromatic rings. The van der Waals surface area contributed by atoms with Crippen molar-refractivity contribution in [3.05, 3.63) is 30.6 Å². The molecular formula is C16H22N4O. The van der Waals surface area contributed by atoms with Crippen LogP contribution in [0.15, 0.2) is 30.6 Å². The first-order valence-corrected chi connectivity index (χ1v) is 7.64. The van der Waals surface area contributed by atoms with Gasteiger partial charge in [0.2, 0.25) is 5.91 Å². The third-order valence-electron chi connectivity index (χ3n) is 4.26. The first-order valence-electron chi connectivity index (χ1n) is 7.64. The molecule has 1 aliphatic rings. The van der Waals surface area contributed by atoms with Crippen LogP contribution in [0.1, 0.15) is 13.3 Å². The fourth-order valence-corrected chi connectivity index (χ4v) is 2.94. The molecule has 112 valence electrons. The Kier molecular flexibility index (Phi) is 4.20. The van der Waals surface area contributed by atoms with E-state index in [0.29, 0.717) is 12.5 Å². The Bertz CT molecular complexity index is 622. The number of amides is 1. The number of benzene rings is 1. The van der Waals surface area contributed by atoms with Crippen molar-refractivity contribution in [2.24, 2.45) is 11.8 Å². The molecule has 0 saturated carbocycles. The number of aromatic nitrogens is 2. The molecule has 1 amide bonds. The lowest BCUT2D eigenvalue weighted by molar-refractivity contribution is -0.125. The smallest absolute Gasteiger partial charge is 0.224 e. The maximum atomic E-state index is 12.1. The summed E-state index contributed by atoms with van der Waals surface area (Å²) in [6, 6.07) is 8.11. The Hall–Kier alpha value is -1.88. The summed E-state index contributed by atoms with van der Waals surface area (Å²) < 4.78 is 2.14. The van der Waals surface area contributed by atoms with E-state index in [1.807, 2.05) is 24.5 Å².